The zero-order valence-electron chi connectivity index (χ0n) is 14.0. The summed E-state index contributed by atoms with van der Waals surface area (Å²) in [6.07, 6.45) is 1.53. The first-order valence-corrected chi connectivity index (χ1v) is 8.62. The van der Waals surface area contributed by atoms with Gasteiger partial charge in [-0.3, -0.25) is 0 Å². The van der Waals surface area contributed by atoms with Crippen LogP contribution in [0.2, 0.25) is 0 Å². The van der Waals surface area contributed by atoms with Gasteiger partial charge in [0.05, 0.1) is 0 Å². The van der Waals surface area contributed by atoms with Gasteiger partial charge in [-0.25, -0.2) is 4.79 Å². The van der Waals surface area contributed by atoms with E-state index in [-0.39, 0.29) is 10.1 Å². The molecule has 6 nitrogen and oxygen atoms in total. The summed E-state index contributed by atoms with van der Waals surface area (Å²) in [5.74, 6) is -0.107. The lowest BCUT2D eigenvalue weighted by Gasteiger charge is -2.10. The predicted molar refractivity (Wildman–Crippen MR) is 97.7 cm³/mol. The van der Waals surface area contributed by atoms with Crippen LogP contribution in [0.3, 0.4) is 0 Å². The predicted octanol–water partition coefficient (Wildman–Crippen LogP) is 4.17. The number of carbonyl (C=O) groups is 1. The Bertz CT molecular complexity index is 922. The third-order valence-electron chi connectivity index (χ3n) is 3.36. The van der Waals surface area contributed by atoms with Crippen LogP contribution < -0.4 is 4.74 Å². The van der Waals surface area contributed by atoms with Crippen molar-refractivity contribution in [2.45, 2.75) is 18.8 Å². The fourth-order valence-corrected chi connectivity index (χ4v) is 2.86. The van der Waals surface area contributed by atoms with E-state index in [0.717, 1.165) is 17.3 Å². The molecule has 7 heteroatoms. The smallest absolute Gasteiger partial charge is 0.342 e. The molecule has 132 valence electrons. The molecule has 0 fully saturated rings. The number of aryl methyl sites for hydroxylation is 1. The topological polar surface area (TPSA) is 85.5 Å². The number of aliphatic carboxylic acids is 1. The van der Waals surface area contributed by atoms with Gasteiger partial charge in [-0.2, -0.15) is 0 Å². The van der Waals surface area contributed by atoms with E-state index in [1.807, 2.05) is 42.5 Å². The van der Waals surface area contributed by atoms with E-state index in [2.05, 4.69) is 10.2 Å². The molecule has 0 bridgehead atoms. The number of hydrogen-bond acceptors (Lipinski definition) is 6. The van der Waals surface area contributed by atoms with Crippen LogP contribution in [0.25, 0.3) is 6.08 Å². The lowest BCUT2D eigenvalue weighted by atomic mass is 10.2. The van der Waals surface area contributed by atoms with E-state index >= 15 is 0 Å². The third kappa shape index (κ3) is 4.73. The molecule has 0 unspecified atom stereocenters. The van der Waals surface area contributed by atoms with Crippen molar-refractivity contribution in [3.05, 3.63) is 76.5 Å². The van der Waals surface area contributed by atoms with Gasteiger partial charge >= 0.3 is 5.97 Å². The molecule has 0 aliphatic carbocycles. The van der Waals surface area contributed by atoms with Crippen molar-refractivity contribution < 1.29 is 19.1 Å². The Balaban J connectivity index is 1.82. The molecule has 0 saturated carbocycles. The average Bonchev–Trinajstić information content (AvgIpc) is 3.06. The molecule has 3 aromatic rings. The monoisotopic (exact) mass is 368 g/mol. The number of carboxylic acids is 1. The molecule has 0 radical (unpaired) electrons. The normalized spacial score (nSPS) is 11.3. The zero-order valence-corrected chi connectivity index (χ0v) is 14.8. The van der Waals surface area contributed by atoms with E-state index < -0.39 is 5.97 Å². The lowest BCUT2D eigenvalue weighted by Crippen LogP contribution is -1.99. The van der Waals surface area contributed by atoms with E-state index in [9.17, 15) is 9.90 Å². The fourth-order valence-electron chi connectivity index (χ4n) is 2.16. The molecule has 1 heterocycles. The number of ether oxygens (including phenoxy) is 1. The molecule has 26 heavy (non-hydrogen) atoms. The van der Waals surface area contributed by atoms with Crippen LogP contribution >= 0.6 is 11.8 Å². The van der Waals surface area contributed by atoms with Crippen LogP contribution in [0.5, 0.6) is 5.75 Å². The van der Waals surface area contributed by atoms with Crippen molar-refractivity contribution in [1.29, 1.82) is 0 Å². The van der Waals surface area contributed by atoms with Gasteiger partial charge in [0.25, 0.3) is 5.22 Å². The third-order valence-corrected chi connectivity index (χ3v) is 4.21. The molecule has 3 rings (SSSR count). The highest BCUT2D eigenvalue weighted by Crippen LogP contribution is 2.30. The number of para-hydroxylation sites is 1. The van der Waals surface area contributed by atoms with Crippen LogP contribution in [0, 0.1) is 6.92 Å². The largest absolute Gasteiger partial charge is 0.488 e. The van der Waals surface area contributed by atoms with Crippen LogP contribution in [-0.4, -0.2) is 21.3 Å². The van der Waals surface area contributed by atoms with E-state index in [1.165, 1.54) is 6.08 Å². The Morgan fingerprint density at radius 3 is 2.58 bits per heavy atom. The summed E-state index contributed by atoms with van der Waals surface area (Å²) >= 11 is 0.901. The molecule has 1 N–H and O–H groups in total. The summed E-state index contributed by atoms with van der Waals surface area (Å²) in [4.78, 5) is 11.6. The highest BCUT2D eigenvalue weighted by atomic mass is 32.2. The summed E-state index contributed by atoms with van der Waals surface area (Å²) in [6, 6.07) is 17.0. The quantitative estimate of drug-likeness (QED) is 0.495. The maximum atomic E-state index is 11.6. The minimum Gasteiger partial charge on any atom is -0.488 e. The van der Waals surface area contributed by atoms with Gasteiger partial charge in [0.15, 0.2) is 0 Å². The van der Waals surface area contributed by atoms with Gasteiger partial charge in [0.1, 0.15) is 17.3 Å². The molecular weight excluding hydrogens is 352 g/mol. The van der Waals surface area contributed by atoms with Crippen molar-refractivity contribution in [1.82, 2.24) is 10.2 Å². The maximum Gasteiger partial charge on any atom is 0.342 e. The number of rotatable bonds is 7. The number of nitrogens with zero attached hydrogens (tertiary/aromatic N) is 2. The second-order valence-corrected chi connectivity index (χ2v) is 6.31. The van der Waals surface area contributed by atoms with Crippen molar-refractivity contribution in [3.8, 4) is 5.75 Å². The van der Waals surface area contributed by atoms with Gasteiger partial charge in [0.2, 0.25) is 5.89 Å². The number of benzene rings is 2. The average molecular weight is 368 g/mol. The van der Waals surface area contributed by atoms with Crippen LogP contribution in [0.15, 0.2) is 69.1 Å². The van der Waals surface area contributed by atoms with E-state index in [1.54, 1.807) is 19.1 Å². The first-order valence-electron chi connectivity index (χ1n) is 7.80. The highest BCUT2D eigenvalue weighted by molar-refractivity contribution is 8.03. The highest BCUT2D eigenvalue weighted by Gasteiger charge is 2.15. The number of hydrogen-bond donors (Lipinski definition) is 1. The van der Waals surface area contributed by atoms with Gasteiger partial charge < -0.3 is 14.3 Å². The minimum absolute atomic E-state index is 0.0596. The van der Waals surface area contributed by atoms with E-state index in [4.69, 9.17) is 9.15 Å². The maximum absolute atomic E-state index is 11.6. The summed E-state index contributed by atoms with van der Waals surface area (Å²) in [6.45, 7) is 2.04. The molecule has 0 spiro atoms. The van der Waals surface area contributed by atoms with Crippen LogP contribution in [0.1, 0.15) is 17.0 Å². The summed E-state index contributed by atoms with van der Waals surface area (Å²) in [5, 5.41) is 17.2. The van der Waals surface area contributed by atoms with Crippen LogP contribution in [-0.2, 0) is 11.4 Å². The molecule has 0 aliphatic rings. The second kappa shape index (κ2) is 8.35. The Kier molecular flexibility index (Phi) is 5.70. The van der Waals surface area contributed by atoms with Crippen molar-refractivity contribution in [3.63, 3.8) is 0 Å². The number of carboxylic acid groups (broad SMARTS) is 1. The number of thioether (sulfide) groups is 1. The zero-order chi connectivity index (χ0) is 18.4. The first kappa shape index (κ1) is 17.8. The summed E-state index contributed by atoms with van der Waals surface area (Å²) in [7, 11) is 0. The molecule has 2 aromatic carbocycles. The lowest BCUT2D eigenvalue weighted by molar-refractivity contribution is -0.131. The van der Waals surface area contributed by atoms with Gasteiger partial charge in [-0.15, -0.1) is 10.2 Å². The second-order valence-electron chi connectivity index (χ2n) is 5.31. The Labute approximate surface area is 154 Å². The van der Waals surface area contributed by atoms with Crippen molar-refractivity contribution in [2.75, 3.05) is 0 Å². The summed E-state index contributed by atoms with van der Waals surface area (Å²) < 4.78 is 11.1. The van der Waals surface area contributed by atoms with Gasteiger partial charge in [0, 0.05) is 12.5 Å². The SMILES string of the molecule is Cc1nnc(S/C(=C/c2ccccc2OCc2ccccc2)C(=O)O)o1. The molecular formula is C19H16N2O4S. The Morgan fingerprint density at radius 2 is 1.88 bits per heavy atom. The number of aromatic nitrogens is 2. The van der Waals surface area contributed by atoms with Crippen molar-refractivity contribution in [2.24, 2.45) is 0 Å². The summed E-state index contributed by atoms with van der Waals surface area (Å²) in [5.41, 5.74) is 1.69. The first-order chi connectivity index (χ1) is 12.6. The molecule has 0 atom stereocenters. The van der Waals surface area contributed by atoms with Gasteiger partial charge in [-0.1, -0.05) is 48.5 Å². The van der Waals surface area contributed by atoms with Crippen LogP contribution in [0.4, 0.5) is 0 Å². The molecule has 0 saturated heterocycles. The standard InChI is InChI=1S/C19H16N2O4S/c1-13-20-21-19(25-13)26-17(18(22)23)11-15-9-5-6-10-16(15)24-12-14-7-3-2-4-8-14/h2-11H,12H2,1H3,(H,22,23)/b17-11+. The molecule has 0 aliphatic heterocycles. The molecule has 1 aromatic heterocycles. The Hall–Kier alpha value is -3.06. The Morgan fingerprint density at radius 1 is 1.15 bits per heavy atom. The fraction of sp³-hybridized carbons (Fsp3) is 0.105. The van der Waals surface area contributed by atoms with Gasteiger partial charge in [-0.05, 0) is 29.5 Å². The van der Waals surface area contributed by atoms with Crippen molar-refractivity contribution >= 4 is 23.8 Å². The molecule has 0 amide bonds. The van der Waals surface area contributed by atoms with E-state index in [0.29, 0.717) is 23.8 Å². The minimum atomic E-state index is -1.08.